The van der Waals surface area contributed by atoms with E-state index < -0.39 is 0 Å². The minimum atomic E-state index is 0.244. The van der Waals surface area contributed by atoms with Gasteiger partial charge in [0.05, 0.1) is 6.54 Å². The Bertz CT molecular complexity index is 595. The first-order valence-electron chi connectivity index (χ1n) is 18.1. The van der Waals surface area contributed by atoms with Crippen molar-refractivity contribution in [2.24, 2.45) is 0 Å². The summed E-state index contributed by atoms with van der Waals surface area (Å²) in [5.74, 6) is 0.244. The van der Waals surface area contributed by atoms with Gasteiger partial charge in [-0.2, -0.15) is 0 Å². The third-order valence-corrected chi connectivity index (χ3v) is 8.89. The third-order valence-electron chi connectivity index (χ3n) is 8.89. The molecule has 1 fully saturated rings. The summed E-state index contributed by atoms with van der Waals surface area (Å²) in [4.78, 5) is 33.2. The second-order valence-electron chi connectivity index (χ2n) is 12.7. The molecule has 2 amide bonds. The van der Waals surface area contributed by atoms with E-state index in [1.165, 1.54) is 142 Å². The molecule has 0 atom stereocenters. The largest absolute Gasteiger partial charge is 0.342 e. The van der Waals surface area contributed by atoms with Crippen molar-refractivity contribution in [3.8, 4) is 0 Å². The molecule has 242 valence electrons. The van der Waals surface area contributed by atoms with E-state index in [1.807, 2.05) is 4.90 Å². The van der Waals surface area contributed by atoms with Gasteiger partial charge in [-0.3, -0.25) is 14.5 Å². The Morgan fingerprint density at radius 1 is 0.512 bits per heavy atom. The van der Waals surface area contributed by atoms with Crippen LogP contribution in [0.2, 0.25) is 0 Å². The second kappa shape index (κ2) is 27.7. The van der Waals surface area contributed by atoms with Crippen LogP contribution in [0, 0.1) is 0 Å². The number of carbonyl (C=O) groups is 2. The highest BCUT2D eigenvalue weighted by molar-refractivity contribution is 5.78. The number of rotatable bonds is 29. The maximum atomic E-state index is 13.2. The van der Waals surface area contributed by atoms with Crippen LogP contribution in [0.1, 0.15) is 149 Å². The molecule has 0 N–H and O–H groups in total. The summed E-state index contributed by atoms with van der Waals surface area (Å²) in [6.45, 7) is 15.5. The van der Waals surface area contributed by atoms with Crippen molar-refractivity contribution in [2.75, 3.05) is 65.4 Å². The van der Waals surface area contributed by atoms with Crippen molar-refractivity contribution in [1.29, 1.82) is 0 Å². The Labute approximate surface area is 256 Å². The first kappa shape index (κ1) is 37.9. The van der Waals surface area contributed by atoms with E-state index in [2.05, 4.69) is 30.6 Å². The van der Waals surface area contributed by atoms with Crippen LogP contribution in [0.3, 0.4) is 0 Å². The van der Waals surface area contributed by atoms with E-state index in [4.69, 9.17) is 0 Å². The Morgan fingerprint density at radius 3 is 1.29 bits per heavy atom. The van der Waals surface area contributed by atoms with Crippen LogP contribution in [0.5, 0.6) is 0 Å². The number of nitrogens with zero attached hydrogens (tertiary/aromatic N) is 4. The maximum Gasteiger partial charge on any atom is 0.236 e. The van der Waals surface area contributed by atoms with E-state index in [0.29, 0.717) is 32.7 Å². The molecule has 0 aromatic rings. The Kier molecular flexibility index (Phi) is 25.6. The van der Waals surface area contributed by atoms with Crippen molar-refractivity contribution in [1.82, 2.24) is 19.6 Å². The fourth-order valence-electron chi connectivity index (χ4n) is 5.96. The van der Waals surface area contributed by atoms with Gasteiger partial charge >= 0.3 is 0 Å². The quantitative estimate of drug-likeness (QED) is 0.0672. The van der Waals surface area contributed by atoms with E-state index >= 15 is 0 Å². The highest BCUT2D eigenvalue weighted by Gasteiger charge is 2.22. The molecule has 0 spiro atoms. The number of piperazine rings is 1. The first-order chi connectivity index (χ1) is 20.1. The van der Waals surface area contributed by atoms with E-state index in [-0.39, 0.29) is 5.91 Å². The molecule has 1 aliphatic rings. The van der Waals surface area contributed by atoms with Crippen LogP contribution in [0.4, 0.5) is 0 Å². The molecule has 0 saturated carbocycles. The van der Waals surface area contributed by atoms with Gasteiger partial charge in [0.25, 0.3) is 0 Å². The second-order valence-corrected chi connectivity index (χ2v) is 12.7. The predicted molar refractivity (Wildman–Crippen MR) is 176 cm³/mol. The molecule has 1 aliphatic heterocycles. The van der Waals surface area contributed by atoms with Gasteiger partial charge in [0.15, 0.2) is 0 Å². The van der Waals surface area contributed by atoms with Crippen LogP contribution in [0.25, 0.3) is 0 Å². The van der Waals surface area contributed by atoms with Crippen LogP contribution < -0.4 is 0 Å². The first-order valence-corrected chi connectivity index (χ1v) is 18.1. The molecule has 41 heavy (non-hydrogen) atoms. The Hall–Kier alpha value is -1.14. The molecule has 0 unspecified atom stereocenters. The Balaban J connectivity index is 2.59. The van der Waals surface area contributed by atoms with Crippen LogP contribution in [-0.2, 0) is 9.59 Å². The molecule has 0 radical (unpaired) electrons. The highest BCUT2D eigenvalue weighted by atomic mass is 16.2. The summed E-state index contributed by atoms with van der Waals surface area (Å²) in [5.41, 5.74) is 0. The lowest BCUT2D eigenvalue weighted by Gasteiger charge is -2.34. The van der Waals surface area contributed by atoms with Crippen molar-refractivity contribution in [3.05, 3.63) is 0 Å². The third kappa shape index (κ3) is 21.2. The summed E-state index contributed by atoms with van der Waals surface area (Å²) < 4.78 is 0. The SMILES string of the molecule is CCCCCCCCCN(CCCCCCCC)CCN(CCCCCCCCC)CC(=O)N1CCN(C=O)CC1. The average Bonchev–Trinajstić information content (AvgIpc) is 2.99. The zero-order chi connectivity index (χ0) is 29.8. The topological polar surface area (TPSA) is 47.1 Å². The Morgan fingerprint density at radius 2 is 0.878 bits per heavy atom. The molecule has 6 nitrogen and oxygen atoms in total. The normalized spacial score (nSPS) is 14.0. The zero-order valence-electron chi connectivity index (χ0n) is 27.9. The molecule has 0 bridgehead atoms. The van der Waals surface area contributed by atoms with Gasteiger partial charge in [-0.25, -0.2) is 0 Å². The van der Waals surface area contributed by atoms with Gasteiger partial charge in [-0.1, -0.05) is 130 Å². The highest BCUT2D eigenvalue weighted by Crippen LogP contribution is 2.12. The molecular formula is C35H70N4O2. The number of amides is 2. The zero-order valence-corrected chi connectivity index (χ0v) is 27.9. The van der Waals surface area contributed by atoms with E-state index in [1.54, 1.807) is 4.90 Å². The smallest absolute Gasteiger partial charge is 0.236 e. The summed E-state index contributed by atoms with van der Waals surface area (Å²) >= 11 is 0. The van der Waals surface area contributed by atoms with Gasteiger partial charge in [0, 0.05) is 39.3 Å². The van der Waals surface area contributed by atoms with Gasteiger partial charge in [0.2, 0.25) is 12.3 Å². The fourth-order valence-corrected chi connectivity index (χ4v) is 5.96. The van der Waals surface area contributed by atoms with E-state index in [9.17, 15) is 9.59 Å². The molecule has 1 saturated heterocycles. The average molecular weight is 579 g/mol. The van der Waals surface area contributed by atoms with Gasteiger partial charge in [-0.05, 0) is 38.9 Å². The van der Waals surface area contributed by atoms with Crippen LogP contribution >= 0.6 is 0 Å². The lowest BCUT2D eigenvalue weighted by Crippen LogP contribution is -2.51. The minimum absolute atomic E-state index is 0.244. The lowest BCUT2D eigenvalue weighted by atomic mass is 10.1. The number of carbonyl (C=O) groups excluding carboxylic acids is 2. The van der Waals surface area contributed by atoms with Gasteiger partial charge < -0.3 is 14.7 Å². The molecule has 6 heteroatoms. The van der Waals surface area contributed by atoms with Crippen molar-refractivity contribution in [2.45, 2.75) is 149 Å². The van der Waals surface area contributed by atoms with Crippen molar-refractivity contribution < 1.29 is 9.59 Å². The van der Waals surface area contributed by atoms with Crippen molar-refractivity contribution in [3.63, 3.8) is 0 Å². The molecule has 1 heterocycles. The van der Waals surface area contributed by atoms with E-state index in [0.717, 1.165) is 26.0 Å². The summed E-state index contributed by atoms with van der Waals surface area (Å²) in [5, 5.41) is 0. The number of hydrogen-bond donors (Lipinski definition) is 0. The summed E-state index contributed by atoms with van der Waals surface area (Å²) in [6.07, 6.45) is 27.6. The predicted octanol–water partition coefficient (Wildman–Crippen LogP) is 7.75. The minimum Gasteiger partial charge on any atom is -0.342 e. The number of hydrogen-bond acceptors (Lipinski definition) is 4. The lowest BCUT2D eigenvalue weighted by molar-refractivity contribution is -0.136. The summed E-state index contributed by atoms with van der Waals surface area (Å²) in [6, 6.07) is 0. The molecular weight excluding hydrogens is 508 g/mol. The van der Waals surface area contributed by atoms with Crippen molar-refractivity contribution >= 4 is 12.3 Å². The van der Waals surface area contributed by atoms with Crippen LogP contribution in [-0.4, -0.2) is 97.4 Å². The van der Waals surface area contributed by atoms with Gasteiger partial charge in [-0.15, -0.1) is 0 Å². The molecule has 0 aromatic heterocycles. The van der Waals surface area contributed by atoms with Crippen LogP contribution in [0.15, 0.2) is 0 Å². The maximum absolute atomic E-state index is 13.2. The van der Waals surface area contributed by atoms with Gasteiger partial charge in [0.1, 0.15) is 0 Å². The molecule has 1 rings (SSSR count). The monoisotopic (exact) mass is 579 g/mol. The standard InChI is InChI=1S/C35H70N4O2/c1-4-7-10-13-16-19-22-25-36(24-21-18-15-12-9-6-3)27-28-37(26-23-20-17-14-11-8-5-2)33-35(41)39-31-29-38(34-40)30-32-39/h34H,4-33H2,1-3H3. The number of unbranched alkanes of at least 4 members (excludes halogenated alkanes) is 17. The fraction of sp³-hybridized carbons (Fsp3) is 0.943. The summed E-state index contributed by atoms with van der Waals surface area (Å²) in [7, 11) is 0. The molecule has 0 aromatic carbocycles. The molecule has 0 aliphatic carbocycles.